The van der Waals surface area contributed by atoms with Crippen molar-refractivity contribution in [2.24, 2.45) is 0 Å². The van der Waals surface area contributed by atoms with Crippen molar-refractivity contribution in [3.63, 3.8) is 0 Å². The highest BCUT2D eigenvalue weighted by atomic mass is 16.8. The van der Waals surface area contributed by atoms with Crippen LogP contribution >= 0.6 is 0 Å². The standard InChI is InChI=1S/C12H20O6/c1-11(2,3)18-10(14)15-7-9-8(6-13)16-12(4,5)17-9/h6,8-9H,7H2,1-5H3/t8-,9-/m0/s1. The lowest BCUT2D eigenvalue weighted by Crippen LogP contribution is -2.32. The lowest BCUT2D eigenvalue weighted by Gasteiger charge is -2.20. The van der Waals surface area contributed by atoms with Gasteiger partial charge in [-0.05, 0) is 34.6 Å². The first-order valence-corrected chi connectivity index (χ1v) is 5.80. The van der Waals surface area contributed by atoms with E-state index in [9.17, 15) is 9.59 Å². The molecule has 1 fully saturated rings. The third-order valence-corrected chi connectivity index (χ3v) is 2.11. The van der Waals surface area contributed by atoms with Gasteiger partial charge in [-0.3, -0.25) is 0 Å². The number of rotatable bonds is 3. The van der Waals surface area contributed by atoms with Gasteiger partial charge in [0.05, 0.1) is 0 Å². The number of ether oxygens (including phenoxy) is 4. The van der Waals surface area contributed by atoms with E-state index in [1.165, 1.54) is 0 Å². The summed E-state index contributed by atoms with van der Waals surface area (Å²) in [4.78, 5) is 22.1. The molecule has 1 aliphatic heterocycles. The van der Waals surface area contributed by atoms with Gasteiger partial charge in [0.15, 0.2) is 12.1 Å². The molecular weight excluding hydrogens is 240 g/mol. The van der Waals surface area contributed by atoms with E-state index in [1.54, 1.807) is 34.6 Å². The molecule has 6 nitrogen and oxygen atoms in total. The Kier molecular flexibility index (Phi) is 4.34. The summed E-state index contributed by atoms with van der Waals surface area (Å²) >= 11 is 0. The Bertz CT molecular complexity index is 317. The molecule has 0 saturated carbocycles. The topological polar surface area (TPSA) is 71.1 Å². The maximum atomic E-state index is 11.3. The second kappa shape index (κ2) is 5.24. The van der Waals surface area contributed by atoms with Crippen molar-refractivity contribution in [1.82, 2.24) is 0 Å². The second-order valence-electron chi connectivity index (χ2n) is 5.55. The number of carbonyl (C=O) groups is 2. The van der Waals surface area contributed by atoms with Gasteiger partial charge >= 0.3 is 6.16 Å². The first-order chi connectivity index (χ1) is 8.13. The number of hydrogen-bond acceptors (Lipinski definition) is 6. The van der Waals surface area contributed by atoms with Gasteiger partial charge in [-0.15, -0.1) is 0 Å². The quantitative estimate of drug-likeness (QED) is 0.567. The van der Waals surface area contributed by atoms with Crippen LogP contribution in [0.4, 0.5) is 4.79 Å². The van der Waals surface area contributed by atoms with Gasteiger partial charge in [-0.2, -0.15) is 0 Å². The molecule has 2 atom stereocenters. The van der Waals surface area contributed by atoms with Crippen LogP contribution in [0, 0.1) is 0 Å². The number of aldehydes is 1. The average molecular weight is 260 g/mol. The van der Waals surface area contributed by atoms with Crippen LogP contribution in [0.25, 0.3) is 0 Å². The van der Waals surface area contributed by atoms with Gasteiger partial charge in [0.2, 0.25) is 0 Å². The smallest absolute Gasteiger partial charge is 0.431 e. The van der Waals surface area contributed by atoms with Crippen molar-refractivity contribution in [2.75, 3.05) is 6.61 Å². The molecule has 0 aromatic rings. The highest BCUT2D eigenvalue weighted by Gasteiger charge is 2.42. The Hall–Kier alpha value is -1.14. The Morgan fingerprint density at radius 3 is 2.44 bits per heavy atom. The van der Waals surface area contributed by atoms with Crippen LogP contribution in [0.5, 0.6) is 0 Å². The first kappa shape index (κ1) is 14.9. The Balaban J connectivity index is 2.44. The summed E-state index contributed by atoms with van der Waals surface area (Å²) in [5, 5.41) is 0. The molecule has 6 heteroatoms. The minimum absolute atomic E-state index is 0.0816. The molecule has 1 saturated heterocycles. The Morgan fingerprint density at radius 1 is 1.33 bits per heavy atom. The van der Waals surface area contributed by atoms with E-state index >= 15 is 0 Å². The molecule has 1 heterocycles. The van der Waals surface area contributed by atoms with Crippen LogP contribution in [0.2, 0.25) is 0 Å². The minimum atomic E-state index is -0.854. The van der Waals surface area contributed by atoms with Crippen molar-refractivity contribution in [2.45, 2.75) is 58.2 Å². The molecule has 0 aliphatic carbocycles. The number of carbonyl (C=O) groups excluding carboxylic acids is 2. The molecule has 0 spiro atoms. The highest BCUT2D eigenvalue weighted by Crippen LogP contribution is 2.27. The lowest BCUT2D eigenvalue weighted by atomic mass is 10.2. The zero-order chi connectivity index (χ0) is 14.0. The fourth-order valence-corrected chi connectivity index (χ4v) is 1.54. The predicted molar refractivity (Wildman–Crippen MR) is 62.1 cm³/mol. The van der Waals surface area contributed by atoms with E-state index in [2.05, 4.69) is 0 Å². The van der Waals surface area contributed by atoms with Gasteiger partial charge in [0.1, 0.15) is 24.4 Å². The first-order valence-electron chi connectivity index (χ1n) is 5.80. The third-order valence-electron chi connectivity index (χ3n) is 2.11. The Morgan fingerprint density at radius 2 is 1.94 bits per heavy atom. The van der Waals surface area contributed by atoms with Crippen LogP contribution in [0.15, 0.2) is 0 Å². The van der Waals surface area contributed by atoms with Crippen molar-refractivity contribution in [3.8, 4) is 0 Å². The molecule has 18 heavy (non-hydrogen) atoms. The zero-order valence-electron chi connectivity index (χ0n) is 11.4. The molecule has 1 rings (SSSR count). The van der Waals surface area contributed by atoms with E-state index in [4.69, 9.17) is 18.9 Å². The summed E-state index contributed by atoms with van der Waals surface area (Å²) in [6.45, 7) is 8.51. The van der Waals surface area contributed by atoms with Crippen LogP contribution in [-0.2, 0) is 23.7 Å². The summed E-state index contributed by atoms with van der Waals surface area (Å²) in [6, 6.07) is 0. The predicted octanol–water partition coefficient (Wildman–Crippen LogP) is 1.66. The van der Waals surface area contributed by atoms with Crippen molar-refractivity contribution in [1.29, 1.82) is 0 Å². The molecular formula is C12H20O6. The van der Waals surface area contributed by atoms with Gasteiger partial charge < -0.3 is 23.7 Å². The summed E-state index contributed by atoms with van der Waals surface area (Å²) in [7, 11) is 0. The molecule has 0 radical (unpaired) electrons. The maximum Gasteiger partial charge on any atom is 0.508 e. The normalized spacial score (nSPS) is 26.7. The summed E-state index contributed by atoms with van der Waals surface area (Å²) in [5.41, 5.74) is -0.618. The van der Waals surface area contributed by atoms with Crippen molar-refractivity contribution < 1.29 is 28.5 Å². The van der Waals surface area contributed by atoms with Crippen LogP contribution in [0.3, 0.4) is 0 Å². The van der Waals surface area contributed by atoms with E-state index in [0.717, 1.165) is 0 Å². The van der Waals surface area contributed by atoms with Crippen LogP contribution in [-0.4, -0.2) is 42.6 Å². The fourth-order valence-electron chi connectivity index (χ4n) is 1.54. The van der Waals surface area contributed by atoms with Crippen LogP contribution < -0.4 is 0 Å². The molecule has 0 N–H and O–H groups in total. The monoisotopic (exact) mass is 260 g/mol. The second-order valence-corrected chi connectivity index (χ2v) is 5.55. The maximum absolute atomic E-state index is 11.3. The van der Waals surface area contributed by atoms with E-state index < -0.39 is 29.8 Å². The summed E-state index contributed by atoms with van der Waals surface area (Å²) in [5.74, 6) is -0.854. The third kappa shape index (κ3) is 4.62. The minimum Gasteiger partial charge on any atom is -0.431 e. The van der Waals surface area contributed by atoms with Crippen LogP contribution in [0.1, 0.15) is 34.6 Å². The highest BCUT2D eigenvalue weighted by molar-refractivity contribution is 5.61. The number of hydrogen-bond donors (Lipinski definition) is 0. The molecule has 0 aromatic heterocycles. The molecule has 104 valence electrons. The molecule has 0 unspecified atom stereocenters. The van der Waals surface area contributed by atoms with E-state index in [1.807, 2.05) is 0 Å². The molecule has 1 aliphatic rings. The Labute approximate surface area is 107 Å². The van der Waals surface area contributed by atoms with Gasteiger partial charge in [-0.1, -0.05) is 0 Å². The molecule has 0 amide bonds. The largest absolute Gasteiger partial charge is 0.508 e. The van der Waals surface area contributed by atoms with E-state index in [-0.39, 0.29) is 6.61 Å². The molecule has 0 aromatic carbocycles. The summed E-state index contributed by atoms with van der Waals surface area (Å²) < 4.78 is 20.6. The van der Waals surface area contributed by atoms with Gasteiger partial charge in [0, 0.05) is 0 Å². The average Bonchev–Trinajstić information content (AvgIpc) is 2.47. The van der Waals surface area contributed by atoms with Crippen molar-refractivity contribution >= 4 is 12.4 Å². The lowest BCUT2D eigenvalue weighted by molar-refractivity contribution is -0.152. The summed E-state index contributed by atoms with van der Waals surface area (Å²) in [6.07, 6.45) is -1.49. The van der Waals surface area contributed by atoms with E-state index in [0.29, 0.717) is 6.29 Å². The fraction of sp³-hybridized carbons (Fsp3) is 0.833. The van der Waals surface area contributed by atoms with Gasteiger partial charge in [-0.25, -0.2) is 4.79 Å². The van der Waals surface area contributed by atoms with Gasteiger partial charge in [0.25, 0.3) is 0 Å². The molecule has 0 bridgehead atoms. The zero-order valence-corrected chi connectivity index (χ0v) is 11.4. The van der Waals surface area contributed by atoms with Crippen molar-refractivity contribution in [3.05, 3.63) is 0 Å². The SMILES string of the molecule is CC(C)(C)OC(=O)OC[C@@H]1OC(C)(C)O[C@H]1C=O.